The van der Waals surface area contributed by atoms with Crippen LogP contribution in [0.1, 0.15) is 48.0 Å². The number of pyridine rings is 3. The third-order valence-electron chi connectivity index (χ3n) is 6.85. The minimum absolute atomic E-state index is 0. The van der Waals surface area contributed by atoms with Crippen molar-refractivity contribution in [1.82, 2.24) is 34.9 Å². The van der Waals surface area contributed by atoms with E-state index < -0.39 is 42.1 Å². The fraction of sp³-hybridized carbons (Fsp3) is 0.207. The maximum Gasteiger partial charge on any atom is 2.00 e. The number of rotatable bonds is 6. The first-order valence-corrected chi connectivity index (χ1v) is 16.3. The molecular formula is C29H36F6N7O12S2Zn+. The van der Waals surface area contributed by atoms with Gasteiger partial charge >= 0.3 is 30.5 Å². The summed E-state index contributed by atoms with van der Waals surface area (Å²) in [6.07, 6.45) is 13.8. The second-order valence-corrected chi connectivity index (χ2v) is 12.8. The van der Waals surface area contributed by atoms with Gasteiger partial charge in [0.25, 0.3) is 0 Å². The van der Waals surface area contributed by atoms with Crippen LogP contribution in [0.4, 0.5) is 26.3 Å². The molecule has 0 saturated heterocycles. The Morgan fingerprint density at radius 1 is 0.474 bits per heavy atom. The second-order valence-electron chi connectivity index (χ2n) is 10.1. The molecule has 0 aromatic carbocycles. The third kappa shape index (κ3) is 15.0. The van der Waals surface area contributed by atoms with Crippen LogP contribution >= 0.6 is 0 Å². The van der Waals surface area contributed by atoms with E-state index in [1.165, 1.54) is 0 Å². The zero-order valence-electron chi connectivity index (χ0n) is 29.3. The monoisotopic (exact) mass is 916 g/mol. The fourth-order valence-electron chi connectivity index (χ4n) is 4.21. The van der Waals surface area contributed by atoms with Gasteiger partial charge in [-0.15, -0.1) is 0 Å². The summed E-state index contributed by atoms with van der Waals surface area (Å²) in [5.74, 6) is 0. The molecule has 5 heterocycles. The predicted molar refractivity (Wildman–Crippen MR) is 182 cm³/mol. The van der Waals surface area contributed by atoms with E-state index in [0.717, 1.165) is 34.2 Å². The Hall–Kier alpha value is -4.61. The Balaban J connectivity index is -0.000000336. The molecule has 0 amide bonds. The van der Waals surface area contributed by atoms with Crippen LogP contribution in [-0.4, -0.2) is 99.2 Å². The number of aromatic nitrogens is 7. The van der Waals surface area contributed by atoms with Crippen molar-refractivity contribution < 1.29 is 105 Å². The summed E-state index contributed by atoms with van der Waals surface area (Å²) >= 11 is 0. The molecule has 0 saturated carbocycles. The van der Waals surface area contributed by atoms with Gasteiger partial charge in [0.15, 0.2) is 20.2 Å². The minimum Gasteiger partial charge on any atom is -0.741 e. The standard InChI is InChI=1S/C27H23N7.2CHF3O3S.6H2O.Zn/c1-26(20-8-3-5-12-30-20,21-9-4-6-13-31-21)22-10-7-11-23(34-22)27(2,24-18-28-14-16-32-24)25-19-29-15-17-33-25;2*2-1(3,4)8(5,6)7;;;;;;;/h3-19H,1-2H3;2*(H,5,6,7);6*1H2;/q;;;;;;;;;+2/p-1. The van der Waals surface area contributed by atoms with Gasteiger partial charge in [-0.2, -0.15) is 26.3 Å². The van der Waals surface area contributed by atoms with Crippen molar-refractivity contribution in [2.45, 2.75) is 35.7 Å². The van der Waals surface area contributed by atoms with Crippen LogP contribution in [0.25, 0.3) is 0 Å². The smallest absolute Gasteiger partial charge is 0.741 e. The molecular weight excluding hydrogens is 882 g/mol. The van der Waals surface area contributed by atoms with E-state index >= 15 is 0 Å². The molecule has 0 radical (unpaired) electrons. The molecule has 0 aliphatic rings. The molecule has 0 aliphatic heterocycles. The van der Waals surface area contributed by atoms with E-state index in [1.54, 1.807) is 49.6 Å². The largest absolute Gasteiger partial charge is 2.00 e. The number of hydrogen-bond acceptors (Lipinski definition) is 13. The summed E-state index contributed by atoms with van der Waals surface area (Å²) in [7, 11) is -12.2. The molecule has 28 heteroatoms. The van der Waals surface area contributed by atoms with Gasteiger partial charge in [0.1, 0.15) is 0 Å². The molecule has 5 aromatic rings. The van der Waals surface area contributed by atoms with Gasteiger partial charge in [0.2, 0.25) is 0 Å². The molecule has 19 nitrogen and oxygen atoms in total. The first-order valence-electron chi connectivity index (χ1n) is 13.5. The second kappa shape index (κ2) is 24.2. The van der Waals surface area contributed by atoms with E-state index in [1.807, 2.05) is 61.5 Å². The maximum atomic E-state index is 10.7. The van der Waals surface area contributed by atoms with Crippen LogP contribution in [0.3, 0.4) is 0 Å². The Morgan fingerprint density at radius 3 is 1.00 bits per heavy atom. The molecule has 0 atom stereocenters. The first-order chi connectivity index (χ1) is 23.1. The number of alkyl halides is 6. The van der Waals surface area contributed by atoms with E-state index in [-0.39, 0.29) is 52.3 Å². The van der Waals surface area contributed by atoms with Gasteiger partial charge in [-0.05, 0) is 50.2 Å². The van der Waals surface area contributed by atoms with Crippen molar-refractivity contribution in [3.8, 4) is 0 Å². The summed E-state index contributed by atoms with van der Waals surface area (Å²) in [5, 5.41) is 0. The van der Waals surface area contributed by atoms with E-state index in [9.17, 15) is 26.3 Å². The topological polar surface area (TPSA) is 395 Å². The van der Waals surface area contributed by atoms with Crippen molar-refractivity contribution in [3.05, 3.63) is 138 Å². The molecule has 0 aliphatic carbocycles. The third-order valence-corrected chi connectivity index (χ3v) is 7.98. The van der Waals surface area contributed by atoms with Crippen LogP contribution in [0.15, 0.2) is 104 Å². The van der Waals surface area contributed by atoms with E-state index in [4.69, 9.17) is 30.9 Å². The molecule has 314 valence electrons. The summed E-state index contributed by atoms with van der Waals surface area (Å²) in [4.78, 5) is 32.4. The van der Waals surface area contributed by atoms with Crippen LogP contribution in [0.2, 0.25) is 0 Å². The van der Waals surface area contributed by atoms with Gasteiger partial charge in [0.05, 0.1) is 45.0 Å². The quantitative estimate of drug-likeness (QED) is 0.0664. The summed E-state index contributed by atoms with van der Waals surface area (Å²) in [6, 6.07) is 17.8. The molecule has 0 fully saturated rings. The van der Waals surface area contributed by atoms with Gasteiger partial charge in [-0.1, -0.05) is 18.2 Å². The SMILES string of the molecule is CC(c1ccccn1)(c1ccccn1)c1cccc(C(C)(c2cnccn2)c2cnccn2)n1.O.O.O.O.O.O=S(=O)([O-])C(F)(F)F.O=S(=O)([O-])C(F)(F)F.[OH3+].[Zn+2]. The van der Waals surface area contributed by atoms with Crippen molar-refractivity contribution in [2.75, 3.05) is 0 Å². The Bertz CT molecular complexity index is 1860. The van der Waals surface area contributed by atoms with Crippen LogP contribution in [0.5, 0.6) is 0 Å². The number of nitrogens with zero attached hydrogens (tertiary/aromatic N) is 7. The van der Waals surface area contributed by atoms with Crippen molar-refractivity contribution in [3.63, 3.8) is 0 Å². The fourth-order valence-corrected chi connectivity index (χ4v) is 4.21. The summed E-state index contributed by atoms with van der Waals surface area (Å²) < 4.78 is 118. The van der Waals surface area contributed by atoms with Gasteiger partial charge in [0, 0.05) is 49.6 Å². The van der Waals surface area contributed by atoms with Gasteiger partial charge < -0.3 is 42.0 Å². The molecule has 0 unspecified atom stereocenters. The van der Waals surface area contributed by atoms with Crippen LogP contribution < -0.4 is 0 Å². The summed E-state index contributed by atoms with van der Waals surface area (Å²) in [6.45, 7) is 4.15. The normalized spacial score (nSPS) is 11.0. The molecule has 13 N–H and O–H groups in total. The number of halogens is 6. The van der Waals surface area contributed by atoms with Crippen molar-refractivity contribution in [2.24, 2.45) is 0 Å². The maximum absolute atomic E-state index is 10.7. The average molecular weight is 918 g/mol. The van der Waals surface area contributed by atoms with E-state index in [0.29, 0.717) is 0 Å². The Morgan fingerprint density at radius 2 is 0.754 bits per heavy atom. The van der Waals surface area contributed by atoms with Gasteiger partial charge in [-0.3, -0.25) is 34.9 Å². The molecule has 0 spiro atoms. The van der Waals surface area contributed by atoms with E-state index in [2.05, 4.69) is 36.8 Å². The molecule has 5 aromatic heterocycles. The Labute approximate surface area is 332 Å². The average Bonchev–Trinajstić information content (AvgIpc) is 3.08. The molecule has 57 heavy (non-hydrogen) atoms. The minimum atomic E-state index is -6.09. The van der Waals surface area contributed by atoms with Gasteiger partial charge in [-0.25, -0.2) is 16.8 Å². The van der Waals surface area contributed by atoms with Crippen LogP contribution in [-0.2, 0) is 56.0 Å². The van der Waals surface area contributed by atoms with Crippen molar-refractivity contribution >= 4 is 20.2 Å². The molecule has 0 bridgehead atoms. The zero-order valence-corrected chi connectivity index (χ0v) is 33.9. The van der Waals surface area contributed by atoms with Crippen molar-refractivity contribution in [1.29, 1.82) is 0 Å². The Kier molecular flexibility index (Phi) is 26.2. The first kappa shape index (κ1) is 61.6. The summed E-state index contributed by atoms with van der Waals surface area (Å²) in [5.41, 5.74) is -7.95. The van der Waals surface area contributed by atoms with Crippen LogP contribution in [0, 0.1) is 0 Å². The predicted octanol–water partition coefficient (Wildman–Crippen LogP) is -0.785. The zero-order chi connectivity index (χ0) is 37.4. The number of hydrogen-bond donors (Lipinski definition) is 0. The molecule has 5 rings (SSSR count).